The molecule has 1 rings (SSSR count). The van der Waals surface area contributed by atoms with E-state index in [4.69, 9.17) is 5.73 Å². The van der Waals surface area contributed by atoms with Crippen molar-refractivity contribution in [2.75, 3.05) is 19.6 Å². The van der Waals surface area contributed by atoms with E-state index in [9.17, 15) is 5.11 Å². The average molecular weight is 184 g/mol. The minimum atomic E-state index is -0.181. The molecule has 0 amide bonds. The maximum Gasteiger partial charge on any atom is 0.0693 e. The van der Waals surface area contributed by atoms with Gasteiger partial charge in [-0.05, 0) is 31.9 Å². The summed E-state index contributed by atoms with van der Waals surface area (Å²) in [5, 5.41) is 9.63. The van der Waals surface area contributed by atoms with Gasteiger partial charge < -0.3 is 10.8 Å². The molecule has 1 saturated heterocycles. The highest BCUT2D eigenvalue weighted by Gasteiger charge is 2.25. The highest BCUT2D eigenvalue weighted by molar-refractivity contribution is 5.00. The SMILES string of the molecule is C=C(CN)CN1CCCC(O)C1C. The van der Waals surface area contributed by atoms with Crippen molar-refractivity contribution in [3.63, 3.8) is 0 Å². The predicted molar refractivity (Wildman–Crippen MR) is 54.5 cm³/mol. The molecule has 0 saturated carbocycles. The summed E-state index contributed by atoms with van der Waals surface area (Å²) in [5.74, 6) is 0. The van der Waals surface area contributed by atoms with Crippen molar-refractivity contribution in [1.29, 1.82) is 0 Å². The Morgan fingerprint density at radius 2 is 2.38 bits per heavy atom. The van der Waals surface area contributed by atoms with Crippen molar-refractivity contribution in [2.24, 2.45) is 5.73 Å². The first-order valence-corrected chi connectivity index (χ1v) is 4.94. The largest absolute Gasteiger partial charge is 0.392 e. The molecule has 0 spiro atoms. The van der Waals surface area contributed by atoms with Crippen LogP contribution in [0.2, 0.25) is 0 Å². The molecule has 0 radical (unpaired) electrons. The molecule has 1 aliphatic rings. The van der Waals surface area contributed by atoms with E-state index in [0.29, 0.717) is 6.54 Å². The summed E-state index contributed by atoms with van der Waals surface area (Å²) in [6.07, 6.45) is 1.81. The van der Waals surface area contributed by atoms with Gasteiger partial charge in [-0.3, -0.25) is 4.90 Å². The highest BCUT2D eigenvalue weighted by Crippen LogP contribution is 2.17. The second-order valence-electron chi connectivity index (χ2n) is 3.87. The van der Waals surface area contributed by atoms with Gasteiger partial charge in [0, 0.05) is 19.1 Å². The number of aliphatic hydroxyl groups is 1. The van der Waals surface area contributed by atoms with Crippen LogP contribution in [-0.2, 0) is 0 Å². The Hall–Kier alpha value is -0.380. The monoisotopic (exact) mass is 184 g/mol. The fourth-order valence-corrected chi connectivity index (χ4v) is 1.77. The molecule has 3 heteroatoms. The molecule has 0 aromatic rings. The van der Waals surface area contributed by atoms with E-state index in [1.165, 1.54) is 0 Å². The topological polar surface area (TPSA) is 49.5 Å². The van der Waals surface area contributed by atoms with Crippen molar-refractivity contribution in [3.8, 4) is 0 Å². The second kappa shape index (κ2) is 4.74. The number of nitrogens with zero attached hydrogens (tertiary/aromatic N) is 1. The zero-order valence-corrected chi connectivity index (χ0v) is 8.37. The Bertz CT molecular complexity index is 182. The van der Waals surface area contributed by atoms with Gasteiger partial charge in [-0.1, -0.05) is 6.58 Å². The van der Waals surface area contributed by atoms with Crippen LogP contribution in [-0.4, -0.2) is 41.8 Å². The molecule has 1 aliphatic heterocycles. The van der Waals surface area contributed by atoms with Gasteiger partial charge in [0.25, 0.3) is 0 Å². The molecular weight excluding hydrogens is 164 g/mol. The molecule has 1 fully saturated rings. The normalized spacial score (nSPS) is 30.4. The number of hydrogen-bond acceptors (Lipinski definition) is 3. The molecule has 3 nitrogen and oxygen atoms in total. The van der Waals surface area contributed by atoms with Crippen LogP contribution in [0.5, 0.6) is 0 Å². The number of aliphatic hydroxyl groups excluding tert-OH is 1. The van der Waals surface area contributed by atoms with E-state index in [-0.39, 0.29) is 12.1 Å². The van der Waals surface area contributed by atoms with Gasteiger partial charge in [0.2, 0.25) is 0 Å². The molecule has 2 atom stereocenters. The van der Waals surface area contributed by atoms with Crippen LogP contribution in [0.1, 0.15) is 19.8 Å². The lowest BCUT2D eigenvalue weighted by Gasteiger charge is -2.37. The van der Waals surface area contributed by atoms with Crippen molar-refractivity contribution in [3.05, 3.63) is 12.2 Å². The van der Waals surface area contributed by atoms with Crippen LogP contribution in [0.15, 0.2) is 12.2 Å². The predicted octanol–water partition coefficient (Wildman–Crippen LogP) is 0.346. The van der Waals surface area contributed by atoms with Gasteiger partial charge in [-0.25, -0.2) is 0 Å². The molecule has 2 unspecified atom stereocenters. The van der Waals surface area contributed by atoms with Crippen LogP contribution in [0.25, 0.3) is 0 Å². The Morgan fingerprint density at radius 1 is 1.69 bits per heavy atom. The van der Waals surface area contributed by atoms with E-state index in [2.05, 4.69) is 18.4 Å². The van der Waals surface area contributed by atoms with Gasteiger partial charge in [0.15, 0.2) is 0 Å². The minimum absolute atomic E-state index is 0.181. The number of likely N-dealkylation sites (tertiary alicyclic amines) is 1. The zero-order valence-electron chi connectivity index (χ0n) is 8.37. The Labute approximate surface area is 80.2 Å². The Morgan fingerprint density at radius 3 is 3.00 bits per heavy atom. The zero-order chi connectivity index (χ0) is 9.84. The lowest BCUT2D eigenvalue weighted by Crippen LogP contribution is -2.47. The first kappa shape index (κ1) is 10.7. The summed E-state index contributed by atoms with van der Waals surface area (Å²) in [7, 11) is 0. The van der Waals surface area contributed by atoms with E-state index >= 15 is 0 Å². The molecule has 0 bridgehead atoms. The standard InChI is InChI=1S/C10H20N2O/c1-8(6-11)7-12-5-3-4-10(13)9(12)2/h9-10,13H,1,3-7,11H2,2H3. The van der Waals surface area contributed by atoms with Crippen LogP contribution in [0.3, 0.4) is 0 Å². The van der Waals surface area contributed by atoms with Crippen molar-refractivity contribution in [2.45, 2.75) is 31.9 Å². The van der Waals surface area contributed by atoms with E-state index in [1.807, 2.05) is 0 Å². The molecule has 0 aromatic carbocycles. The molecule has 0 aromatic heterocycles. The lowest BCUT2D eigenvalue weighted by molar-refractivity contribution is 0.0250. The van der Waals surface area contributed by atoms with Gasteiger partial charge in [0.05, 0.1) is 6.10 Å². The first-order chi connectivity index (χ1) is 6.15. The summed E-state index contributed by atoms with van der Waals surface area (Å²) in [5.41, 5.74) is 6.52. The Balaban J connectivity index is 2.43. The molecule has 1 heterocycles. The third-order valence-corrected chi connectivity index (χ3v) is 2.79. The van der Waals surface area contributed by atoms with Crippen molar-refractivity contribution in [1.82, 2.24) is 4.90 Å². The van der Waals surface area contributed by atoms with Crippen LogP contribution in [0, 0.1) is 0 Å². The summed E-state index contributed by atoms with van der Waals surface area (Å²) in [6.45, 7) is 8.36. The summed E-state index contributed by atoms with van der Waals surface area (Å²) < 4.78 is 0. The Kier molecular flexibility index (Phi) is 3.90. The second-order valence-corrected chi connectivity index (χ2v) is 3.87. The van der Waals surface area contributed by atoms with Crippen LogP contribution >= 0.6 is 0 Å². The lowest BCUT2D eigenvalue weighted by atomic mass is 10.00. The molecule has 0 aliphatic carbocycles. The summed E-state index contributed by atoms with van der Waals surface area (Å²) in [6, 6.07) is 0.247. The smallest absolute Gasteiger partial charge is 0.0693 e. The third kappa shape index (κ3) is 2.79. The van der Waals surface area contributed by atoms with E-state index in [0.717, 1.165) is 31.5 Å². The molecular formula is C10H20N2O. The summed E-state index contributed by atoms with van der Waals surface area (Å²) >= 11 is 0. The quantitative estimate of drug-likeness (QED) is 0.622. The number of piperidine rings is 1. The van der Waals surface area contributed by atoms with E-state index < -0.39 is 0 Å². The van der Waals surface area contributed by atoms with Crippen molar-refractivity contribution < 1.29 is 5.11 Å². The van der Waals surface area contributed by atoms with E-state index in [1.54, 1.807) is 0 Å². The molecule has 13 heavy (non-hydrogen) atoms. The van der Waals surface area contributed by atoms with Gasteiger partial charge in [-0.15, -0.1) is 0 Å². The first-order valence-electron chi connectivity index (χ1n) is 4.94. The number of hydrogen-bond donors (Lipinski definition) is 2. The van der Waals surface area contributed by atoms with Crippen molar-refractivity contribution >= 4 is 0 Å². The summed E-state index contributed by atoms with van der Waals surface area (Å²) in [4.78, 5) is 2.25. The fourth-order valence-electron chi connectivity index (χ4n) is 1.77. The highest BCUT2D eigenvalue weighted by atomic mass is 16.3. The maximum absolute atomic E-state index is 9.63. The van der Waals surface area contributed by atoms with Crippen LogP contribution in [0.4, 0.5) is 0 Å². The maximum atomic E-state index is 9.63. The molecule has 3 N–H and O–H groups in total. The minimum Gasteiger partial charge on any atom is -0.392 e. The average Bonchev–Trinajstić information content (AvgIpc) is 2.13. The number of nitrogens with two attached hydrogens (primary N) is 1. The fraction of sp³-hybridized carbons (Fsp3) is 0.800. The van der Waals surface area contributed by atoms with Crippen LogP contribution < -0.4 is 5.73 Å². The number of rotatable bonds is 3. The van der Waals surface area contributed by atoms with Gasteiger partial charge >= 0.3 is 0 Å². The third-order valence-electron chi connectivity index (χ3n) is 2.79. The van der Waals surface area contributed by atoms with Gasteiger partial charge in [0.1, 0.15) is 0 Å². The van der Waals surface area contributed by atoms with Gasteiger partial charge in [-0.2, -0.15) is 0 Å². The molecule has 76 valence electrons.